The van der Waals surface area contributed by atoms with Gasteiger partial charge in [-0.2, -0.15) is 13.2 Å². The SMILES string of the molecule is CC(C)CC(CN)CN1CCn2c(nnc2C(F)(F)F)C1. The average molecular weight is 305 g/mol. The number of halogens is 3. The van der Waals surface area contributed by atoms with Crippen molar-refractivity contribution < 1.29 is 13.2 Å². The van der Waals surface area contributed by atoms with Crippen molar-refractivity contribution in [1.82, 2.24) is 19.7 Å². The summed E-state index contributed by atoms with van der Waals surface area (Å²) in [5.74, 6) is 0.411. The van der Waals surface area contributed by atoms with Crippen LogP contribution in [0.5, 0.6) is 0 Å². The maximum Gasteiger partial charge on any atom is 0.451 e. The molecule has 0 spiro atoms. The Morgan fingerprint density at radius 1 is 1.24 bits per heavy atom. The molecule has 2 heterocycles. The molecule has 0 bridgehead atoms. The Bertz CT molecular complexity index is 469. The Kier molecular flexibility index (Phi) is 4.88. The first-order valence-corrected chi connectivity index (χ1v) is 7.23. The van der Waals surface area contributed by atoms with E-state index in [-0.39, 0.29) is 6.54 Å². The minimum absolute atomic E-state index is 0.274. The highest BCUT2D eigenvalue weighted by atomic mass is 19.4. The van der Waals surface area contributed by atoms with E-state index in [4.69, 9.17) is 5.73 Å². The maximum absolute atomic E-state index is 12.8. The van der Waals surface area contributed by atoms with Gasteiger partial charge in [0.1, 0.15) is 5.82 Å². The molecule has 2 N–H and O–H groups in total. The van der Waals surface area contributed by atoms with E-state index in [0.29, 0.717) is 37.3 Å². The van der Waals surface area contributed by atoms with E-state index >= 15 is 0 Å². The van der Waals surface area contributed by atoms with Crippen LogP contribution in [0.4, 0.5) is 13.2 Å². The van der Waals surface area contributed by atoms with E-state index in [9.17, 15) is 13.2 Å². The first-order valence-electron chi connectivity index (χ1n) is 7.23. The lowest BCUT2D eigenvalue weighted by atomic mass is 9.96. The number of hydrogen-bond donors (Lipinski definition) is 1. The summed E-state index contributed by atoms with van der Waals surface area (Å²) in [4.78, 5) is 2.12. The fourth-order valence-corrected chi connectivity index (χ4v) is 2.85. The molecule has 0 saturated carbocycles. The zero-order valence-corrected chi connectivity index (χ0v) is 12.4. The number of nitrogens with two attached hydrogens (primary N) is 1. The third-order valence-electron chi connectivity index (χ3n) is 3.74. The Morgan fingerprint density at radius 2 is 1.95 bits per heavy atom. The second kappa shape index (κ2) is 6.31. The summed E-state index contributed by atoms with van der Waals surface area (Å²) >= 11 is 0. The van der Waals surface area contributed by atoms with Crippen LogP contribution in [-0.2, 0) is 19.3 Å². The van der Waals surface area contributed by atoms with Crippen molar-refractivity contribution in [1.29, 1.82) is 0 Å². The fraction of sp³-hybridized carbons (Fsp3) is 0.846. The fourth-order valence-electron chi connectivity index (χ4n) is 2.85. The van der Waals surface area contributed by atoms with Crippen LogP contribution < -0.4 is 5.73 Å². The lowest BCUT2D eigenvalue weighted by molar-refractivity contribution is -0.148. The zero-order chi connectivity index (χ0) is 15.6. The molecular weight excluding hydrogens is 283 g/mol. The van der Waals surface area contributed by atoms with Gasteiger partial charge in [0.25, 0.3) is 0 Å². The highest BCUT2D eigenvalue weighted by Gasteiger charge is 2.39. The minimum Gasteiger partial charge on any atom is -0.330 e. The molecule has 1 aliphatic heterocycles. The second-order valence-electron chi connectivity index (χ2n) is 6.06. The van der Waals surface area contributed by atoms with E-state index in [0.717, 1.165) is 13.0 Å². The third-order valence-corrected chi connectivity index (χ3v) is 3.74. The van der Waals surface area contributed by atoms with Gasteiger partial charge in [-0.15, -0.1) is 10.2 Å². The number of fused-ring (bicyclic) bond motifs is 1. The lowest BCUT2D eigenvalue weighted by Crippen LogP contribution is -2.40. The smallest absolute Gasteiger partial charge is 0.330 e. The van der Waals surface area contributed by atoms with Gasteiger partial charge >= 0.3 is 6.18 Å². The van der Waals surface area contributed by atoms with Gasteiger partial charge in [-0.3, -0.25) is 4.90 Å². The van der Waals surface area contributed by atoms with Gasteiger partial charge in [-0.05, 0) is 24.8 Å². The van der Waals surface area contributed by atoms with Gasteiger partial charge in [-0.1, -0.05) is 13.8 Å². The van der Waals surface area contributed by atoms with Gasteiger partial charge in [0, 0.05) is 19.6 Å². The summed E-state index contributed by atoms with van der Waals surface area (Å²) < 4.78 is 39.5. The van der Waals surface area contributed by atoms with E-state index < -0.39 is 12.0 Å². The summed E-state index contributed by atoms with van der Waals surface area (Å²) in [5.41, 5.74) is 5.79. The summed E-state index contributed by atoms with van der Waals surface area (Å²) in [6, 6.07) is 0. The van der Waals surface area contributed by atoms with Gasteiger partial charge in [-0.25, -0.2) is 0 Å². The lowest BCUT2D eigenvalue weighted by Gasteiger charge is -2.31. The number of aromatic nitrogens is 3. The monoisotopic (exact) mass is 305 g/mol. The quantitative estimate of drug-likeness (QED) is 0.900. The number of nitrogens with zero attached hydrogens (tertiary/aromatic N) is 4. The van der Waals surface area contributed by atoms with Gasteiger partial charge < -0.3 is 10.3 Å². The molecular formula is C13H22F3N5. The molecule has 0 radical (unpaired) electrons. The average Bonchev–Trinajstić information content (AvgIpc) is 2.80. The van der Waals surface area contributed by atoms with E-state index in [1.54, 1.807) is 0 Å². The molecule has 0 amide bonds. The Labute approximate surface area is 122 Å². The van der Waals surface area contributed by atoms with Crippen molar-refractivity contribution in [3.63, 3.8) is 0 Å². The summed E-state index contributed by atoms with van der Waals surface area (Å²) in [7, 11) is 0. The van der Waals surface area contributed by atoms with E-state index in [1.165, 1.54) is 4.57 Å². The van der Waals surface area contributed by atoms with Crippen molar-refractivity contribution in [2.24, 2.45) is 17.6 Å². The van der Waals surface area contributed by atoms with Crippen molar-refractivity contribution >= 4 is 0 Å². The van der Waals surface area contributed by atoms with Crippen LogP contribution >= 0.6 is 0 Å². The third kappa shape index (κ3) is 3.94. The number of rotatable bonds is 5. The predicted octanol–water partition coefficient (Wildman–Crippen LogP) is 1.73. The first kappa shape index (κ1) is 16.2. The van der Waals surface area contributed by atoms with Crippen molar-refractivity contribution in [3.05, 3.63) is 11.6 Å². The van der Waals surface area contributed by atoms with Crippen LogP contribution in [0.2, 0.25) is 0 Å². The summed E-state index contributed by atoms with van der Waals surface area (Å²) in [6.07, 6.45) is -3.42. The molecule has 0 saturated heterocycles. The number of alkyl halides is 3. The first-order chi connectivity index (χ1) is 9.81. The van der Waals surface area contributed by atoms with Gasteiger partial charge in [0.15, 0.2) is 0 Å². The Hall–Kier alpha value is -1.15. The highest BCUT2D eigenvalue weighted by molar-refractivity contribution is 5.02. The molecule has 5 nitrogen and oxygen atoms in total. The molecule has 0 fully saturated rings. The van der Waals surface area contributed by atoms with Crippen LogP contribution in [0.1, 0.15) is 31.9 Å². The Balaban J connectivity index is 2.02. The van der Waals surface area contributed by atoms with Crippen molar-refractivity contribution in [3.8, 4) is 0 Å². The highest BCUT2D eigenvalue weighted by Crippen LogP contribution is 2.29. The molecule has 1 unspecified atom stereocenters. The summed E-state index contributed by atoms with van der Waals surface area (Å²) in [6.45, 7) is 6.92. The van der Waals surface area contributed by atoms with Crippen LogP contribution in [-0.4, -0.2) is 39.3 Å². The molecule has 0 aromatic carbocycles. The molecule has 120 valence electrons. The van der Waals surface area contributed by atoms with E-state index in [2.05, 4.69) is 28.9 Å². The second-order valence-corrected chi connectivity index (χ2v) is 6.06. The largest absolute Gasteiger partial charge is 0.451 e. The van der Waals surface area contributed by atoms with Crippen molar-refractivity contribution in [2.45, 2.75) is 39.5 Å². The molecule has 1 aliphatic rings. The van der Waals surface area contributed by atoms with Crippen LogP contribution in [0, 0.1) is 11.8 Å². The topological polar surface area (TPSA) is 60.0 Å². The Morgan fingerprint density at radius 3 is 2.52 bits per heavy atom. The van der Waals surface area contributed by atoms with Gasteiger partial charge in [0.2, 0.25) is 5.82 Å². The maximum atomic E-state index is 12.8. The summed E-state index contributed by atoms with van der Waals surface area (Å²) in [5, 5.41) is 6.98. The van der Waals surface area contributed by atoms with Crippen LogP contribution in [0.3, 0.4) is 0 Å². The zero-order valence-electron chi connectivity index (χ0n) is 12.4. The molecule has 0 aliphatic carbocycles. The molecule has 1 aromatic rings. The predicted molar refractivity (Wildman–Crippen MR) is 72.3 cm³/mol. The van der Waals surface area contributed by atoms with Crippen molar-refractivity contribution in [2.75, 3.05) is 19.6 Å². The van der Waals surface area contributed by atoms with Gasteiger partial charge in [0.05, 0.1) is 6.54 Å². The molecule has 1 atom stereocenters. The van der Waals surface area contributed by atoms with Crippen LogP contribution in [0.25, 0.3) is 0 Å². The molecule has 21 heavy (non-hydrogen) atoms. The standard InChI is InChI=1S/C13H22F3N5/c1-9(2)5-10(6-17)7-20-3-4-21-11(8-20)18-19-12(21)13(14,15)16/h9-10H,3-8,17H2,1-2H3. The molecule has 8 heteroatoms. The number of hydrogen-bond acceptors (Lipinski definition) is 4. The molecule has 1 aromatic heterocycles. The normalized spacial score (nSPS) is 18.0. The molecule has 2 rings (SSSR count). The van der Waals surface area contributed by atoms with Crippen LogP contribution in [0.15, 0.2) is 0 Å². The minimum atomic E-state index is -4.44. The van der Waals surface area contributed by atoms with E-state index in [1.807, 2.05) is 0 Å².